The quantitative estimate of drug-likeness (QED) is 0.690. The second-order valence-electron chi connectivity index (χ2n) is 5.94. The Morgan fingerprint density at radius 2 is 2.12 bits per heavy atom. The Kier molecular flexibility index (Phi) is 5.57. The van der Waals surface area contributed by atoms with Crippen molar-refractivity contribution in [3.05, 3.63) is 41.5 Å². The van der Waals surface area contributed by atoms with E-state index in [1.807, 2.05) is 0 Å². The van der Waals surface area contributed by atoms with Gasteiger partial charge in [-0.25, -0.2) is 12.8 Å². The molecule has 7 nitrogen and oxygen atoms in total. The minimum absolute atomic E-state index is 0.0204. The zero-order chi connectivity index (χ0) is 18.7. The number of carbonyl (C=O) groups is 1. The molecule has 1 aromatic heterocycles. The first-order valence-corrected chi connectivity index (χ1v) is 10.3. The Morgan fingerprint density at radius 1 is 1.35 bits per heavy atom. The highest BCUT2D eigenvalue weighted by molar-refractivity contribution is 7.90. The lowest BCUT2D eigenvalue weighted by Gasteiger charge is -2.21. The maximum Gasteiger partial charge on any atom is 0.335 e. The molecule has 1 atom stereocenters. The van der Waals surface area contributed by atoms with Crippen LogP contribution in [0.4, 0.5) is 4.39 Å². The van der Waals surface area contributed by atoms with E-state index in [9.17, 15) is 17.6 Å². The molecule has 1 saturated heterocycles. The number of amides is 1. The standard InChI is InChI=1S/C16H17ClFN3O4S/c17-8-7-14(22)21-9-3-6-13(21)15-19-20-16(25-15)26(23,24)10-11-4-1-2-5-12(11)18/h1-2,4-5,13H,3,6-10H2/t13-/m0/s1. The van der Waals surface area contributed by atoms with Gasteiger partial charge in [0, 0.05) is 24.4 Å². The molecule has 0 aliphatic carbocycles. The molecule has 1 aliphatic rings. The molecule has 1 fully saturated rings. The predicted octanol–water partition coefficient (Wildman–Crippen LogP) is 2.48. The van der Waals surface area contributed by atoms with Crippen LogP contribution in [-0.2, 0) is 20.4 Å². The highest BCUT2D eigenvalue weighted by atomic mass is 35.5. The number of sulfone groups is 1. The maximum absolute atomic E-state index is 13.7. The van der Waals surface area contributed by atoms with Gasteiger partial charge in [-0.1, -0.05) is 23.3 Å². The Morgan fingerprint density at radius 3 is 2.85 bits per heavy atom. The summed E-state index contributed by atoms with van der Waals surface area (Å²) in [6.07, 6.45) is 1.53. The van der Waals surface area contributed by atoms with E-state index in [0.29, 0.717) is 13.0 Å². The average Bonchev–Trinajstić information content (AvgIpc) is 3.26. The monoisotopic (exact) mass is 401 g/mol. The highest BCUT2D eigenvalue weighted by Gasteiger charge is 2.35. The molecular weight excluding hydrogens is 385 g/mol. The van der Waals surface area contributed by atoms with Crippen molar-refractivity contribution < 1.29 is 22.0 Å². The van der Waals surface area contributed by atoms with Gasteiger partial charge in [0.2, 0.25) is 21.6 Å². The van der Waals surface area contributed by atoms with Crippen LogP contribution in [0.3, 0.4) is 0 Å². The molecule has 0 unspecified atom stereocenters. The van der Waals surface area contributed by atoms with E-state index < -0.39 is 32.7 Å². The molecule has 1 aromatic carbocycles. The van der Waals surface area contributed by atoms with Crippen LogP contribution in [-0.4, -0.2) is 41.8 Å². The SMILES string of the molecule is O=C(CCCl)N1CCC[C@H]1c1nnc(S(=O)(=O)Cc2ccccc2F)o1. The summed E-state index contributed by atoms with van der Waals surface area (Å²) in [4.78, 5) is 13.7. The second-order valence-corrected chi connectivity index (χ2v) is 8.19. The van der Waals surface area contributed by atoms with E-state index in [2.05, 4.69) is 10.2 Å². The average molecular weight is 402 g/mol. The summed E-state index contributed by atoms with van der Waals surface area (Å²) >= 11 is 5.61. The zero-order valence-electron chi connectivity index (χ0n) is 13.8. The molecule has 1 amide bonds. The first kappa shape index (κ1) is 18.8. The maximum atomic E-state index is 13.7. The lowest BCUT2D eigenvalue weighted by molar-refractivity contribution is -0.132. The summed E-state index contributed by atoms with van der Waals surface area (Å²) < 4.78 is 43.9. The van der Waals surface area contributed by atoms with Crippen molar-refractivity contribution in [3.8, 4) is 0 Å². The van der Waals surface area contributed by atoms with Gasteiger partial charge in [0.15, 0.2) is 0 Å². The van der Waals surface area contributed by atoms with Gasteiger partial charge in [-0.2, -0.15) is 0 Å². The summed E-state index contributed by atoms with van der Waals surface area (Å²) in [5, 5.41) is 6.84. The molecule has 3 rings (SSSR count). The second kappa shape index (κ2) is 7.71. The number of rotatable bonds is 6. The lowest BCUT2D eigenvalue weighted by Crippen LogP contribution is -2.30. The Labute approximate surface area is 155 Å². The molecule has 2 aromatic rings. The van der Waals surface area contributed by atoms with Gasteiger partial charge >= 0.3 is 5.22 Å². The summed E-state index contributed by atoms with van der Waals surface area (Å²) in [5.41, 5.74) is 0.0204. The van der Waals surface area contributed by atoms with Gasteiger partial charge in [0.1, 0.15) is 11.9 Å². The number of halogens is 2. The van der Waals surface area contributed by atoms with Crippen LogP contribution in [0.15, 0.2) is 33.9 Å². The van der Waals surface area contributed by atoms with Gasteiger partial charge < -0.3 is 9.32 Å². The molecule has 0 bridgehead atoms. The van der Waals surface area contributed by atoms with E-state index in [1.165, 1.54) is 18.2 Å². The molecule has 26 heavy (non-hydrogen) atoms. The van der Waals surface area contributed by atoms with E-state index in [4.69, 9.17) is 16.0 Å². The van der Waals surface area contributed by atoms with E-state index in [-0.39, 0.29) is 29.7 Å². The number of hydrogen-bond donors (Lipinski definition) is 0. The smallest absolute Gasteiger partial charge is 0.335 e. The van der Waals surface area contributed by atoms with Gasteiger partial charge in [-0.05, 0) is 18.9 Å². The molecule has 10 heteroatoms. The number of aromatic nitrogens is 2. The number of nitrogens with zero attached hydrogens (tertiary/aromatic N) is 3. The number of likely N-dealkylation sites (tertiary alicyclic amines) is 1. The number of benzene rings is 1. The molecular formula is C16H17ClFN3O4S. The van der Waals surface area contributed by atoms with Crippen molar-refractivity contribution >= 4 is 27.3 Å². The third-order valence-electron chi connectivity index (χ3n) is 4.16. The molecule has 0 saturated carbocycles. The summed E-state index contributed by atoms with van der Waals surface area (Å²) in [5.74, 6) is -1.08. The van der Waals surface area contributed by atoms with Crippen LogP contribution in [0.5, 0.6) is 0 Å². The summed E-state index contributed by atoms with van der Waals surface area (Å²) in [6, 6.07) is 5.13. The van der Waals surface area contributed by atoms with Gasteiger partial charge in [-0.3, -0.25) is 4.79 Å². The first-order chi connectivity index (χ1) is 12.4. The third kappa shape index (κ3) is 3.88. The largest absolute Gasteiger partial charge is 0.410 e. The molecule has 0 spiro atoms. The topological polar surface area (TPSA) is 93.4 Å². The number of hydrogen-bond acceptors (Lipinski definition) is 6. The van der Waals surface area contributed by atoms with E-state index in [0.717, 1.165) is 6.42 Å². The summed E-state index contributed by atoms with van der Waals surface area (Å²) in [7, 11) is -4.00. The summed E-state index contributed by atoms with van der Waals surface area (Å²) in [6.45, 7) is 0.528. The van der Waals surface area contributed by atoms with Crippen LogP contribution in [0, 0.1) is 5.82 Å². The van der Waals surface area contributed by atoms with Crippen molar-refractivity contribution in [1.29, 1.82) is 0 Å². The fraction of sp³-hybridized carbons (Fsp3) is 0.438. The van der Waals surface area contributed by atoms with Crippen LogP contribution < -0.4 is 0 Å². The van der Waals surface area contributed by atoms with Crippen LogP contribution >= 0.6 is 11.6 Å². The predicted molar refractivity (Wildman–Crippen MR) is 90.6 cm³/mol. The minimum atomic E-state index is -4.00. The molecule has 140 valence electrons. The zero-order valence-corrected chi connectivity index (χ0v) is 15.3. The van der Waals surface area contributed by atoms with Crippen molar-refractivity contribution in [2.75, 3.05) is 12.4 Å². The number of carbonyl (C=O) groups excluding carboxylic acids is 1. The Bertz CT molecular complexity index is 902. The van der Waals surface area contributed by atoms with Crippen molar-refractivity contribution in [2.24, 2.45) is 0 Å². The molecule has 2 heterocycles. The van der Waals surface area contributed by atoms with Crippen LogP contribution in [0.2, 0.25) is 0 Å². The van der Waals surface area contributed by atoms with Crippen LogP contribution in [0.1, 0.15) is 36.8 Å². The normalized spacial score (nSPS) is 17.6. The van der Waals surface area contributed by atoms with Crippen LogP contribution in [0.25, 0.3) is 0 Å². The van der Waals surface area contributed by atoms with Gasteiger partial charge in [0.05, 0.1) is 5.75 Å². The fourth-order valence-electron chi connectivity index (χ4n) is 2.91. The van der Waals surface area contributed by atoms with Crippen molar-refractivity contribution in [3.63, 3.8) is 0 Å². The lowest BCUT2D eigenvalue weighted by atomic mass is 10.2. The third-order valence-corrected chi connectivity index (χ3v) is 5.74. The first-order valence-electron chi connectivity index (χ1n) is 8.07. The minimum Gasteiger partial charge on any atom is -0.410 e. The van der Waals surface area contributed by atoms with Crippen molar-refractivity contribution in [1.82, 2.24) is 15.1 Å². The highest BCUT2D eigenvalue weighted by Crippen LogP contribution is 2.32. The van der Waals surface area contributed by atoms with Crippen molar-refractivity contribution in [2.45, 2.75) is 36.3 Å². The Balaban J connectivity index is 1.80. The van der Waals surface area contributed by atoms with E-state index >= 15 is 0 Å². The van der Waals surface area contributed by atoms with Gasteiger partial charge in [0.25, 0.3) is 0 Å². The fourth-order valence-corrected chi connectivity index (χ4v) is 4.22. The van der Waals surface area contributed by atoms with Gasteiger partial charge in [-0.15, -0.1) is 16.7 Å². The van der Waals surface area contributed by atoms with E-state index in [1.54, 1.807) is 11.0 Å². The molecule has 0 radical (unpaired) electrons. The molecule has 0 N–H and O–H groups in total. The Hall–Kier alpha value is -2.00. The molecule has 1 aliphatic heterocycles. The number of alkyl halides is 1.